The summed E-state index contributed by atoms with van der Waals surface area (Å²) in [6.45, 7) is 0. The lowest BCUT2D eigenvalue weighted by Crippen LogP contribution is -2.09. The van der Waals surface area contributed by atoms with E-state index in [1.165, 1.54) is 6.33 Å². The van der Waals surface area contributed by atoms with Crippen LogP contribution in [0.3, 0.4) is 0 Å². The van der Waals surface area contributed by atoms with Gasteiger partial charge in [0, 0.05) is 29.7 Å². The summed E-state index contributed by atoms with van der Waals surface area (Å²) in [5.41, 5.74) is 3.59. The molecule has 3 heterocycles. The summed E-state index contributed by atoms with van der Waals surface area (Å²) in [5.74, 6) is 0.512. The van der Waals surface area contributed by atoms with Crippen molar-refractivity contribution >= 4 is 11.0 Å². The van der Waals surface area contributed by atoms with E-state index in [4.69, 9.17) is 4.74 Å². The van der Waals surface area contributed by atoms with E-state index < -0.39 is 0 Å². The zero-order valence-electron chi connectivity index (χ0n) is 12.9. The maximum atomic E-state index is 12.4. The molecule has 4 rings (SSSR count). The summed E-state index contributed by atoms with van der Waals surface area (Å²) in [4.78, 5) is 23.5. The van der Waals surface area contributed by atoms with Gasteiger partial charge in [0.1, 0.15) is 11.0 Å². The van der Waals surface area contributed by atoms with E-state index in [9.17, 15) is 4.79 Å². The Morgan fingerprint density at radius 1 is 1.12 bits per heavy atom. The van der Waals surface area contributed by atoms with Crippen LogP contribution < -0.4 is 10.3 Å². The Hall–Kier alpha value is -3.41. The van der Waals surface area contributed by atoms with E-state index in [1.54, 1.807) is 13.3 Å². The molecule has 0 spiro atoms. The van der Waals surface area contributed by atoms with Crippen LogP contribution >= 0.6 is 0 Å². The van der Waals surface area contributed by atoms with Crippen LogP contribution in [-0.2, 0) is 0 Å². The third-order valence-electron chi connectivity index (χ3n) is 3.87. The highest BCUT2D eigenvalue weighted by Crippen LogP contribution is 2.30. The number of fused-ring (bicyclic) bond motifs is 1. The predicted octanol–water partition coefficient (Wildman–Crippen LogP) is 2.78. The average Bonchev–Trinajstić information content (AvgIpc) is 3.04. The molecule has 0 fully saturated rings. The van der Waals surface area contributed by atoms with Gasteiger partial charge in [0.15, 0.2) is 0 Å². The Morgan fingerprint density at radius 3 is 2.75 bits per heavy atom. The van der Waals surface area contributed by atoms with Crippen molar-refractivity contribution in [3.05, 3.63) is 71.5 Å². The standard InChI is InChI=1S/C18H14N4O2/c1-24-15-9-12(7-8-19-15)14-10-22(13-5-3-2-4-6-13)17-16(14)20-11-21-18(17)23/h2-11H,1H3,(H,20,21,23). The minimum absolute atomic E-state index is 0.184. The molecule has 4 aromatic rings. The van der Waals surface area contributed by atoms with Gasteiger partial charge >= 0.3 is 0 Å². The fourth-order valence-corrected chi connectivity index (χ4v) is 2.76. The molecule has 3 aromatic heterocycles. The number of pyridine rings is 1. The van der Waals surface area contributed by atoms with E-state index in [0.29, 0.717) is 16.9 Å². The number of aromatic nitrogens is 4. The van der Waals surface area contributed by atoms with Crippen LogP contribution in [0.4, 0.5) is 0 Å². The molecule has 0 atom stereocenters. The molecule has 0 unspecified atom stereocenters. The summed E-state index contributed by atoms with van der Waals surface area (Å²) in [6.07, 6.45) is 5.01. The average molecular weight is 318 g/mol. The van der Waals surface area contributed by atoms with Gasteiger partial charge in [-0.3, -0.25) is 4.79 Å². The van der Waals surface area contributed by atoms with Gasteiger partial charge < -0.3 is 14.3 Å². The smallest absolute Gasteiger partial charge is 0.275 e. The number of hydrogen-bond donors (Lipinski definition) is 1. The quantitative estimate of drug-likeness (QED) is 0.630. The van der Waals surface area contributed by atoms with Crippen LogP contribution in [0.2, 0.25) is 0 Å². The second-order valence-corrected chi connectivity index (χ2v) is 5.26. The number of ether oxygens (including phenoxy) is 1. The first-order valence-electron chi connectivity index (χ1n) is 7.42. The summed E-state index contributed by atoms with van der Waals surface area (Å²) >= 11 is 0. The minimum atomic E-state index is -0.184. The minimum Gasteiger partial charge on any atom is -0.481 e. The molecule has 0 saturated carbocycles. The monoisotopic (exact) mass is 318 g/mol. The Kier molecular flexibility index (Phi) is 3.35. The number of rotatable bonds is 3. The molecule has 6 nitrogen and oxygen atoms in total. The molecule has 1 N–H and O–H groups in total. The van der Waals surface area contributed by atoms with Gasteiger partial charge in [-0.2, -0.15) is 0 Å². The third-order valence-corrected chi connectivity index (χ3v) is 3.87. The topological polar surface area (TPSA) is 72.8 Å². The molecule has 24 heavy (non-hydrogen) atoms. The number of aromatic amines is 1. The van der Waals surface area contributed by atoms with E-state index in [-0.39, 0.29) is 5.56 Å². The molecule has 0 aliphatic heterocycles. The van der Waals surface area contributed by atoms with Gasteiger partial charge in [-0.05, 0) is 23.8 Å². The number of methoxy groups -OCH3 is 1. The van der Waals surface area contributed by atoms with Crippen molar-refractivity contribution in [1.29, 1.82) is 0 Å². The molecule has 0 aliphatic carbocycles. The fourth-order valence-electron chi connectivity index (χ4n) is 2.76. The fraction of sp³-hybridized carbons (Fsp3) is 0.0556. The summed E-state index contributed by atoms with van der Waals surface area (Å²) in [7, 11) is 1.57. The second kappa shape index (κ2) is 5.66. The molecule has 0 amide bonds. The highest BCUT2D eigenvalue weighted by molar-refractivity contribution is 5.93. The van der Waals surface area contributed by atoms with Crippen molar-refractivity contribution in [1.82, 2.24) is 19.5 Å². The number of hydrogen-bond acceptors (Lipinski definition) is 4. The molecule has 1 aromatic carbocycles. The zero-order chi connectivity index (χ0) is 16.5. The Labute approximate surface area is 137 Å². The molecule has 6 heteroatoms. The molecule has 0 radical (unpaired) electrons. The first-order chi connectivity index (χ1) is 11.8. The van der Waals surface area contributed by atoms with Crippen molar-refractivity contribution < 1.29 is 4.74 Å². The highest BCUT2D eigenvalue weighted by atomic mass is 16.5. The zero-order valence-corrected chi connectivity index (χ0v) is 12.9. The van der Waals surface area contributed by atoms with Crippen LogP contribution in [0.5, 0.6) is 5.88 Å². The second-order valence-electron chi connectivity index (χ2n) is 5.26. The lowest BCUT2D eigenvalue weighted by molar-refractivity contribution is 0.398. The Morgan fingerprint density at radius 2 is 1.96 bits per heavy atom. The van der Waals surface area contributed by atoms with E-state index in [0.717, 1.165) is 16.8 Å². The first kappa shape index (κ1) is 14.2. The normalized spacial score (nSPS) is 10.9. The van der Waals surface area contributed by atoms with Crippen molar-refractivity contribution in [2.24, 2.45) is 0 Å². The molecule has 0 aliphatic rings. The largest absolute Gasteiger partial charge is 0.481 e. The van der Waals surface area contributed by atoms with Gasteiger partial charge in [0.2, 0.25) is 5.88 Å². The van der Waals surface area contributed by atoms with Crippen molar-refractivity contribution in [3.8, 4) is 22.7 Å². The van der Waals surface area contributed by atoms with Gasteiger partial charge in [0.25, 0.3) is 5.56 Å². The van der Waals surface area contributed by atoms with Crippen molar-refractivity contribution in [2.75, 3.05) is 7.11 Å². The van der Waals surface area contributed by atoms with Gasteiger partial charge in [0.05, 0.1) is 13.4 Å². The van der Waals surface area contributed by atoms with E-state index in [1.807, 2.05) is 53.2 Å². The Balaban J connectivity index is 2.04. The van der Waals surface area contributed by atoms with Crippen molar-refractivity contribution in [2.45, 2.75) is 0 Å². The third kappa shape index (κ3) is 2.25. The summed E-state index contributed by atoms with van der Waals surface area (Å²) in [6, 6.07) is 13.4. The van der Waals surface area contributed by atoms with Crippen LogP contribution in [0.1, 0.15) is 0 Å². The number of benzene rings is 1. The number of H-pyrrole nitrogens is 1. The number of nitrogens with zero attached hydrogens (tertiary/aromatic N) is 3. The van der Waals surface area contributed by atoms with E-state index >= 15 is 0 Å². The maximum Gasteiger partial charge on any atom is 0.275 e. The molecular formula is C18H14N4O2. The molecule has 118 valence electrons. The predicted molar refractivity (Wildman–Crippen MR) is 91.5 cm³/mol. The first-order valence-corrected chi connectivity index (χ1v) is 7.42. The number of nitrogens with one attached hydrogen (secondary N) is 1. The SMILES string of the molecule is COc1cc(-c2cn(-c3ccccc3)c3c(=O)[nH]cnc23)ccn1. The molecule has 0 saturated heterocycles. The van der Waals surface area contributed by atoms with Gasteiger partial charge in [-0.25, -0.2) is 9.97 Å². The number of para-hydroxylation sites is 1. The molecular weight excluding hydrogens is 304 g/mol. The molecule has 0 bridgehead atoms. The summed E-state index contributed by atoms with van der Waals surface area (Å²) in [5, 5.41) is 0. The maximum absolute atomic E-state index is 12.4. The summed E-state index contributed by atoms with van der Waals surface area (Å²) < 4.78 is 7.05. The van der Waals surface area contributed by atoms with E-state index in [2.05, 4.69) is 15.0 Å². The highest BCUT2D eigenvalue weighted by Gasteiger charge is 2.16. The Bertz CT molecular complexity index is 1070. The van der Waals surface area contributed by atoms with Crippen LogP contribution in [0.15, 0.2) is 66.0 Å². The van der Waals surface area contributed by atoms with Crippen LogP contribution in [0, 0.1) is 0 Å². The van der Waals surface area contributed by atoms with Crippen LogP contribution in [0.25, 0.3) is 27.8 Å². The van der Waals surface area contributed by atoms with Crippen LogP contribution in [-0.4, -0.2) is 26.6 Å². The van der Waals surface area contributed by atoms with Gasteiger partial charge in [-0.15, -0.1) is 0 Å². The van der Waals surface area contributed by atoms with Gasteiger partial charge in [-0.1, -0.05) is 18.2 Å². The lowest BCUT2D eigenvalue weighted by atomic mass is 10.1. The lowest BCUT2D eigenvalue weighted by Gasteiger charge is -2.03. The van der Waals surface area contributed by atoms with Crippen molar-refractivity contribution in [3.63, 3.8) is 0 Å².